The van der Waals surface area contributed by atoms with Gasteiger partial charge in [-0.3, -0.25) is 14.9 Å². The number of anilines is 1. The molecule has 2 aromatic rings. The second-order valence-electron chi connectivity index (χ2n) is 7.68. The molecule has 8 heteroatoms. The number of non-ortho nitro benzene ring substituents is 1. The number of hydrogen-bond donors (Lipinski definition) is 1. The van der Waals surface area contributed by atoms with E-state index in [0.717, 1.165) is 29.7 Å². The van der Waals surface area contributed by atoms with Gasteiger partial charge in [0, 0.05) is 23.1 Å². The van der Waals surface area contributed by atoms with E-state index in [4.69, 9.17) is 4.74 Å². The summed E-state index contributed by atoms with van der Waals surface area (Å²) in [6.07, 6.45) is 5.35. The first kappa shape index (κ1) is 21.7. The molecular formula is C22H24N2O5S. The van der Waals surface area contributed by atoms with Crippen LogP contribution < -0.4 is 5.32 Å². The van der Waals surface area contributed by atoms with Crippen molar-refractivity contribution in [2.45, 2.75) is 46.1 Å². The van der Waals surface area contributed by atoms with Crippen LogP contribution in [0.3, 0.4) is 0 Å². The monoisotopic (exact) mass is 428 g/mol. The Hall–Kier alpha value is -3.00. The van der Waals surface area contributed by atoms with Crippen LogP contribution in [0.25, 0.3) is 6.08 Å². The Bertz CT molecular complexity index is 992. The Morgan fingerprint density at radius 1 is 1.30 bits per heavy atom. The van der Waals surface area contributed by atoms with E-state index < -0.39 is 10.9 Å². The molecule has 1 N–H and O–H groups in total. The number of hydrogen-bond acceptors (Lipinski definition) is 6. The molecule has 1 heterocycles. The minimum atomic E-state index is -0.475. The normalized spacial score (nSPS) is 15.8. The Labute approximate surface area is 178 Å². The second-order valence-corrected chi connectivity index (χ2v) is 8.79. The number of esters is 1. The topological polar surface area (TPSA) is 98.5 Å². The van der Waals surface area contributed by atoms with Gasteiger partial charge >= 0.3 is 5.97 Å². The molecule has 0 radical (unpaired) electrons. The van der Waals surface area contributed by atoms with Gasteiger partial charge in [-0.05, 0) is 68.4 Å². The van der Waals surface area contributed by atoms with E-state index in [0.29, 0.717) is 22.0 Å². The maximum absolute atomic E-state index is 12.7. The zero-order valence-corrected chi connectivity index (χ0v) is 18.0. The summed E-state index contributed by atoms with van der Waals surface area (Å²) in [5, 5.41) is 14.1. The van der Waals surface area contributed by atoms with Crippen molar-refractivity contribution >= 4 is 40.0 Å². The Morgan fingerprint density at radius 3 is 2.63 bits per heavy atom. The molecule has 1 atom stereocenters. The Balaban J connectivity index is 1.80. The number of nitrogens with zero attached hydrogens (tertiary/aromatic N) is 1. The predicted molar refractivity (Wildman–Crippen MR) is 117 cm³/mol. The first-order valence-corrected chi connectivity index (χ1v) is 10.6. The molecular weight excluding hydrogens is 404 g/mol. The van der Waals surface area contributed by atoms with Gasteiger partial charge in [-0.1, -0.05) is 6.92 Å². The van der Waals surface area contributed by atoms with Crippen molar-refractivity contribution in [2.24, 2.45) is 5.92 Å². The van der Waals surface area contributed by atoms with Gasteiger partial charge in [0.25, 0.3) is 5.69 Å². The lowest BCUT2D eigenvalue weighted by atomic mass is 9.88. The molecule has 0 fully saturated rings. The van der Waals surface area contributed by atoms with Crippen molar-refractivity contribution in [1.29, 1.82) is 0 Å². The molecule has 1 aromatic carbocycles. The van der Waals surface area contributed by atoms with Crippen LogP contribution in [0.4, 0.5) is 10.7 Å². The molecule has 30 heavy (non-hydrogen) atoms. The number of nitrogens with one attached hydrogen (secondary N) is 1. The van der Waals surface area contributed by atoms with Gasteiger partial charge in [-0.2, -0.15) is 0 Å². The molecule has 0 saturated carbocycles. The van der Waals surface area contributed by atoms with Crippen LogP contribution in [0, 0.1) is 16.0 Å². The molecule has 158 valence electrons. The van der Waals surface area contributed by atoms with E-state index in [1.54, 1.807) is 32.1 Å². The van der Waals surface area contributed by atoms with E-state index in [1.165, 1.54) is 29.5 Å². The number of amides is 1. The van der Waals surface area contributed by atoms with Crippen molar-refractivity contribution in [3.8, 4) is 0 Å². The number of benzene rings is 1. The molecule has 0 unspecified atom stereocenters. The van der Waals surface area contributed by atoms with Crippen molar-refractivity contribution in [3.05, 3.63) is 62.0 Å². The third-order valence-electron chi connectivity index (χ3n) is 4.83. The summed E-state index contributed by atoms with van der Waals surface area (Å²) < 4.78 is 5.41. The van der Waals surface area contributed by atoms with Gasteiger partial charge in [0.05, 0.1) is 16.6 Å². The Kier molecular flexibility index (Phi) is 6.66. The minimum Gasteiger partial charge on any atom is -0.459 e. The SMILES string of the molecule is CC(C)OC(=O)c1c(NC(=O)/C=C/c2ccc([N+](=O)[O-])cc2)sc2c1CC[C@@H](C)C2. The third kappa shape index (κ3) is 5.13. The van der Waals surface area contributed by atoms with E-state index >= 15 is 0 Å². The maximum atomic E-state index is 12.7. The average molecular weight is 429 g/mol. The fourth-order valence-electron chi connectivity index (χ4n) is 3.36. The molecule has 3 rings (SSSR count). The lowest BCUT2D eigenvalue weighted by molar-refractivity contribution is -0.384. The van der Waals surface area contributed by atoms with Crippen molar-refractivity contribution in [1.82, 2.24) is 0 Å². The zero-order chi connectivity index (χ0) is 21.8. The van der Waals surface area contributed by atoms with E-state index in [9.17, 15) is 19.7 Å². The molecule has 1 aliphatic carbocycles. The first-order valence-electron chi connectivity index (χ1n) is 9.83. The molecule has 1 amide bonds. The van der Waals surface area contributed by atoms with Gasteiger partial charge in [-0.25, -0.2) is 4.79 Å². The van der Waals surface area contributed by atoms with Crippen LogP contribution >= 0.6 is 11.3 Å². The number of carbonyl (C=O) groups is 2. The van der Waals surface area contributed by atoms with Gasteiger partial charge in [-0.15, -0.1) is 11.3 Å². The van der Waals surface area contributed by atoms with Crippen LogP contribution in [0.15, 0.2) is 30.3 Å². The van der Waals surface area contributed by atoms with E-state index in [2.05, 4.69) is 12.2 Å². The van der Waals surface area contributed by atoms with Crippen LogP contribution in [0.5, 0.6) is 0 Å². The van der Waals surface area contributed by atoms with E-state index in [1.807, 2.05) is 0 Å². The fourth-order valence-corrected chi connectivity index (χ4v) is 4.76. The fraction of sp³-hybridized carbons (Fsp3) is 0.364. The summed E-state index contributed by atoms with van der Waals surface area (Å²) >= 11 is 1.43. The van der Waals surface area contributed by atoms with Crippen LogP contribution in [-0.2, 0) is 22.4 Å². The smallest absolute Gasteiger partial charge is 0.341 e. The average Bonchev–Trinajstić information content (AvgIpc) is 3.02. The quantitative estimate of drug-likeness (QED) is 0.302. The first-order chi connectivity index (χ1) is 14.2. The highest BCUT2D eigenvalue weighted by Crippen LogP contribution is 2.40. The highest BCUT2D eigenvalue weighted by atomic mass is 32.1. The summed E-state index contributed by atoms with van der Waals surface area (Å²) in [5.41, 5.74) is 2.10. The lowest BCUT2D eigenvalue weighted by Gasteiger charge is -2.18. The van der Waals surface area contributed by atoms with Crippen molar-refractivity contribution in [3.63, 3.8) is 0 Å². The highest BCUT2D eigenvalue weighted by Gasteiger charge is 2.29. The minimum absolute atomic E-state index is 0.0108. The molecule has 1 aromatic heterocycles. The summed E-state index contributed by atoms with van der Waals surface area (Å²) in [7, 11) is 0. The number of nitro benzene ring substituents is 1. The number of carbonyl (C=O) groups excluding carboxylic acids is 2. The molecule has 0 aliphatic heterocycles. The number of rotatable bonds is 6. The van der Waals surface area contributed by atoms with Crippen molar-refractivity contribution in [2.75, 3.05) is 5.32 Å². The van der Waals surface area contributed by atoms with Gasteiger partial charge < -0.3 is 10.1 Å². The molecule has 0 bridgehead atoms. The zero-order valence-electron chi connectivity index (χ0n) is 17.1. The van der Waals surface area contributed by atoms with E-state index in [-0.39, 0.29) is 17.7 Å². The number of fused-ring (bicyclic) bond motifs is 1. The van der Waals surface area contributed by atoms with Crippen LogP contribution in [0.1, 0.15) is 53.6 Å². The predicted octanol–water partition coefficient (Wildman–Crippen LogP) is 5.00. The third-order valence-corrected chi connectivity index (χ3v) is 6.00. The van der Waals surface area contributed by atoms with Gasteiger partial charge in [0.2, 0.25) is 5.91 Å². The van der Waals surface area contributed by atoms with Gasteiger partial charge in [0.1, 0.15) is 5.00 Å². The molecule has 0 spiro atoms. The summed E-state index contributed by atoms with van der Waals surface area (Å²) in [5.74, 6) is -0.249. The highest BCUT2D eigenvalue weighted by molar-refractivity contribution is 7.17. The molecule has 0 saturated heterocycles. The molecule has 1 aliphatic rings. The summed E-state index contributed by atoms with van der Waals surface area (Å²) in [6.45, 7) is 5.77. The van der Waals surface area contributed by atoms with Crippen LogP contribution in [-0.4, -0.2) is 22.9 Å². The van der Waals surface area contributed by atoms with Gasteiger partial charge in [0.15, 0.2) is 0 Å². The van der Waals surface area contributed by atoms with Crippen LogP contribution in [0.2, 0.25) is 0 Å². The largest absolute Gasteiger partial charge is 0.459 e. The standard InChI is InChI=1S/C22H24N2O5S/c1-13(2)29-22(26)20-17-10-4-14(3)12-18(17)30-21(20)23-19(25)11-7-15-5-8-16(9-6-15)24(27)28/h5-9,11,13-14H,4,10,12H2,1-3H3,(H,23,25)/b11-7+/t14-/m1/s1. The summed E-state index contributed by atoms with van der Waals surface area (Å²) in [4.78, 5) is 36.6. The molecule has 7 nitrogen and oxygen atoms in total. The number of thiophene rings is 1. The second kappa shape index (κ2) is 9.21. The summed E-state index contributed by atoms with van der Waals surface area (Å²) in [6, 6.07) is 5.90. The number of ether oxygens (including phenoxy) is 1. The Morgan fingerprint density at radius 2 is 2.00 bits per heavy atom. The maximum Gasteiger partial charge on any atom is 0.341 e. The number of nitro groups is 1. The van der Waals surface area contributed by atoms with Crippen molar-refractivity contribution < 1.29 is 19.2 Å². The lowest BCUT2D eigenvalue weighted by Crippen LogP contribution is -2.18.